The zero-order valence-electron chi connectivity index (χ0n) is 10.8. The van der Waals surface area contributed by atoms with Crippen LogP contribution in [0.4, 0.5) is 0 Å². The predicted molar refractivity (Wildman–Crippen MR) is 71.2 cm³/mol. The summed E-state index contributed by atoms with van der Waals surface area (Å²) in [6.07, 6.45) is 5.05. The predicted octanol–water partition coefficient (Wildman–Crippen LogP) is 1.57. The number of nitrogens with zero attached hydrogens (tertiary/aromatic N) is 1. The van der Waals surface area contributed by atoms with Crippen LogP contribution in [0.5, 0.6) is 11.5 Å². The minimum Gasteiger partial charge on any atom is -0.504 e. The molecule has 2 aliphatic rings. The third kappa shape index (κ3) is 1.75. The summed E-state index contributed by atoms with van der Waals surface area (Å²) in [5, 5.41) is 19.2. The van der Waals surface area contributed by atoms with Crippen LogP contribution in [-0.4, -0.2) is 40.5 Å². The van der Waals surface area contributed by atoms with Crippen molar-refractivity contribution in [3.05, 3.63) is 35.9 Å². The summed E-state index contributed by atoms with van der Waals surface area (Å²) >= 11 is 0. The van der Waals surface area contributed by atoms with Crippen molar-refractivity contribution in [1.82, 2.24) is 4.90 Å². The van der Waals surface area contributed by atoms with Crippen LogP contribution < -0.4 is 0 Å². The molecule has 100 valence electrons. The lowest BCUT2D eigenvalue weighted by atomic mass is 9.69. The number of aromatic hydroxyl groups is 2. The van der Waals surface area contributed by atoms with Gasteiger partial charge in [0.05, 0.1) is 0 Å². The number of carbonyl (C=O) groups is 1. The van der Waals surface area contributed by atoms with Gasteiger partial charge in [-0.3, -0.25) is 4.79 Å². The molecule has 0 spiro atoms. The molecule has 2 N–H and O–H groups in total. The summed E-state index contributed by atoms with van der Waals surface area (Å²) < 4.78 is 0. The van der Waals surface area contributed by atoms with Crippen molar-refractivity contribution < 1.29 is 15.0 Å². The van der Waals surface area contributed by atoms with Crippen LogP contribution in [0.3, 0.4) is 0 Å². The molecular formula is C15H17NO3. The van der Waals surface area contributed by atoms with Crippen molar-refractivity contribution in [3.8, 4) is 11.5 Å². The van der Waals surface area contributed by atoms with Gasteiger partial charge in [0.25, 0.3) is 0 Å². The molecule has 2 atom stereocenters. The van der Waals surface area contributed by atoms with Gasteiger partial charge in [0.2, 0.25) is 0 Å². The van der Waals surface area contributed by atoms with Gasteiger partial charge >= 0.3 is 0 Å². The minimum absolute atomic E-state index is 0.106. The second-order valence-electron chi connectivity index (χ2n) is 5.49. The van der Waals surface area contributed by atoms with Crippen LogP contribution in [-0.2, 0) is 10.2 Å². The van der Waals surface area contributed by atoms with Gasteiger partial charge in [0.1, 0.15) is 0 Å². The van der Waals surface area contributed by atoms with Crippen molar-refractivity contribution >= 4 is 5.78 Å². The maximum atomic E-state index is 11.6. The summed E-state index contributed by atoms with van der Waals surface area (Å²) in [6.45, 7) is 0.921. The molecule has 2 unspecified atom stereocenters. The van der Waals surface area contributed by atoms with E-state index in [0.717, 1.165) is 18.5 Å². The van der Waals surface area contributed by atoms with E-state index < -0.39 is 0 Å². The summed E-state index contributed by atoms with van der Waals surface area (Å²) in [5.74, 6) is -0.0678. The number of hydrogen-bond acceptors (Lipinski definition) is 4. The maximum absolute atomic E-state index is 11.6. The van der Waals surface area contributed by atoms with E-state index in [1.807, 2.05) is 19.2 Å². The number of hydrogen-bond donors (Lipinski definition) is 2. The van der Waals surface area contributed by atoms with E-state index in [1.54, 1.807) is 12.1 Å². The number of rotatable bonds is 1. The Labute approximate surface area is 112 Å². The largest absolute Gasteiger partial charge is 0.504 e. The Balaban J connectivity index is 2.11. The lowest BCUT2D eigenvalue weighted by molar-refractivity contribution is -0.116. The third-order valence-electron chi connectivity index (χ3n) is 4.48. The van der Waals surface area contributed by atoms with Gasteiger partial charge < -0.3 is 15.1 Å². The Bertz CT molecular complexity index is 567. The summed E-state index contributed by atoms with van der Waals surface area (Å²) in [7, 11) is 2.03. The highest BCUT2D eigenvalue weighted by molar-refractivity contribution is 5.92. The standard InChI is InChI=1S/C15H17NO3/c1-16-7-6-15(5-4-11(17)9-14(15)16)10-2-3-12(18)13(19)8-10/h2-5,8,14,18-19H,6-7,9H2,1H3. The topological polar surface area (TPSA) is 60.8 Å². The molecule has 1 aliphatic carbocycles. The number of phenols is 2. The maximum Gasteiger partial charge on any atom is 0.157 e. The van der Waals surface area contributed by atoms with Crippen LogP contribution in [0.15, 0.2) is 30.4 Å². The number of benzene rings is 1. The van der Waals surface area contributed by atoms with Crippen LogP contribution in [0, 0.1) is 0 Å². The van der Waals surface area contributed by atoms with E-state index in [1.165, 1.54) is 6.07 Å². The van der Waals surface area contributed by atoms with E-state index in [-0.39, 0.29) is 28.7 Å². The SMILES string of the molecule is CN1CCC2(c3ccc(O)c(O)c3)C=CC(=O)CC12. The first-order valence-corrected chi connectivity index (χ1v) is 6.48. The Morgan fingerprint density at radius 1 is 1.32 bits per heavy atom. The molecule has 1 aromatic rings. The van der Waals surface area contributed by atoms with E-state index in [0.29, 0.717) is 6.42 Å². The molecule has 0 radical (unpaired) electrons. The molecule has 1 saturated heterocycles. The van der Waals surface area contributed by atoms with Crippen LogP contribution >= 0.6 is 0 Å². The molecule has 0 saturated carbocycles. The lowest BCUT2D eigenvalue weighted by Crippen LogP contribution is -2.43. The molecule has 19 heavy (non-hydrogen) atoms. The van der Waals surface area contributed by atoms with Gasteiger partial charge in [-0.25, -0.2) is 0 Å². The second kappa shape index (κ2) is 4.10. The highest BCUT2D eigenvalue weighted by Crippen LogP contribution is 2.46. The van der Waals surface area contributed by atoms with Crippen LogP contribution in [0.1, 0.15) is 18.4 Å². The first-order chi connectivity index (χ1) is 9.03. The highest BCUT2D eigenvalue weighted by Gasteiger charge is 2.48. The molecular weight excluding hydrogens is 242 g/mol. The second-order valence-corrected chi connectivity index (χ2v) is 5.49. The molecule has 1 aliphatic heterocycles. The van der Waals surface area contributed by atoms with Gasteiger partial charge in [-0.2, -0.15) is 0 Å². The fourth-order valence-corrected chi connectivity index (χ4v) is 3.36. The molecule has 0 bridgehead atoms. The first-order valence-electron chi connectivity index (χ1n) is 6.48. The highest BCUT2D eigenvalue weighted by atomic mass is 16.3. The summed E-state index contributed by atoms with van der Waals surface area (Å²) in [4.78, 5) is 13.8. The van der Waals surface area contributed by atoms with Crippen molar-refractivity contribution in [2.45, 2.75) is 24.3 Å². The molecule has 1 fully saturated rings. The monoisotopic (exact) mass is 259 g/mol. The van der Waals surface area contributed by atoms with Gasteiger partial charge in [0, 0.05) is 17.9 Å². The zero-order chi connectivity index (χ0) is 13.6. The Morgan fingerprint density at radius 3 is 2.84 bits per heavy atom. The number of likely N-dealkylation sites (tertiary alicyclic amines) is 1. The molecule has 3 rings (SSSR count). The fraction of sp³-hybridized carbons (Fsp3) is 0.400. The van der Waals surface area contributed by atoms with Crippen molar-refractivity contribution in [2.24, 2.45) is 0 Å². The molecule has 1 heterocycles. The number of fused-ring (bicyclic) bond motifs is 1. The van der Waals surface area contributed by atoms with Crippen molar-refractivity contribution in [2.75, 3.05) is 13.6 Å². The average Bonchev–Trinajstić information content (AvgIpc) is 2.72. The van der Waals surface area contributed by atoms with Gasteiger partial charge in [-0.1, -0.05) is 12.1 Å². The third-order valence-corrected chi connectivity index (χ3v) is 4.48. The first kappa shape index (κ1) is 12.2. The fourth-order valence-electron chi connectivity index (χ4n) is 3.36. The van der Waals surface area contributed by atoms with Gasteiger partial charge in [-0.15, -0.1) is 0 Å². The number of carbonyl (C=O) groups excluding carboxylic acids is 1. The van der Waals surface area contributed by atoms with Crippen LogP contribution in [0.25, 0.3) is 0 Å². The normalized spacial score (nSPS) is 30.6. The Kier molecular flexibility index (Phi) is 2.64. The summed E-state index contributed by atoms with van der Waals surface area (Å²) in [6, 6.07) is 5.09. The Morgan fingerprint density at radius 2 is 2.11 bits per heavy atom. The number of allylic oxidation sites excluding steroid dienone is 1. The van der Waals surface area contributed by atoms with E-state index in [2.05, 4.69) is 4.90 Å². The summed E-state index contributed by atoms with van der Waals surface area (Å²) in [5.41, 5.74) is 0.731. The Hall–Kier alpha value is -1.81. The minimum atomic E-state index is -0.228. The van der Waals surface area contributed by atoms with Crippen molar-refractivity contribution in [1.29, 1.82) is 0 Å². The average molecular weight is 259 g/mol. The van der Waals surface area contributed by atoms with Gasteiger partial charge in [-0.05, 0) is 43.8 Å². The zero-order valence-corrected chi connectivity index (χ0v) is 10.8. The number of ketones is 1. The van der Waals surface area contributed by atoms with Gasteiger partial charge in [0.15, 0.2) is 17.3 Å². The molecule has 4 heteroatoms. The smallest absolute Gasteiger partial charge is 0.157 e. The van der Waals surface area contributed by atoms with E-state index >= 15 is 0 Å². The van der Waals surface area contributed by atoms with E-state index in [9.17, 15) is 15.0 Å². The van der Waals surface area contributed by atoms with Crippen molar-refractivity contribution in [3.63, 3.8) is 0 Å². The molecule has 4 nitrogen and oxygen atoms in total. The van der Waals surface area contributed by atoms with Crippen LogP contribution in [0.2, 0.25) is 0 Å². The number of likely N-dealkylation sites (N-methyl/N-ethyl adjacent to an activating group) is 1. The van der Waals surface area contributed by atoms with E-state index in [4.69, 9.17) is 0 Å². The molecule has 0 aromatic heterocycles. The lowest BCUT2D eigenvalue weighted by Gasteiger charge is -2.37. The number of phenolic OH excluding ortho intramolecular Hbond substituents is 2. The molecule has 1 aromatic carbocycles. The molecule has 0 amide bonds. The quantitative estimate of drug-likeness (QED) is 0.752.